The number of rotatable bonds is 8. The third-order valence-electron chi connectivity index (χ3n) is 6.64. The van der Waals surface area contributed by atoms with Crippen LogP contribution in [0.4, 0.5) is 22.0 Å². The Morgan fingerprint density at radius 3 is 2.16 bits per heavy atom. The number of hydrogen-bond acceptors (Lipinski definition) is 2. The molecule has 3 aromatic rings. The van der Waals surface area contributed by atoms with Crippen molar-refractivity contribution in [2.75, 3.05) is 7.11 Å². The predicted octanol–water partition coefficient (Wildman–Crippen LogP) is 9.14. The van der Waals surface area contributed by atoms with Crippen molar-refractivity contribution in [1.82, 2.24) is 10.2 Å². The second-order valence-electron chi connectivity index (χ2n) is 9.30. The van der Waals surface area contributed by atoms with E-state index in [9.17, 15) is 13.2 Å². The Labute approximate surface area is 214 Å². The summed E-state index contributed by atoms with van der Waals surface area (Å²) < 4.78 is 77.1. The van der Waals surface area contributed by atoms with Gasteiger partial charge in [0.05, 0.1) is 30.1 Å². The maximum absolute atomic E-state index is 15.1. The van der Waals surface area contributed by atoms with Gasteiger partial charge in [-0.25, -0.2) is 8.78 Å². The molecule has 0 radical (unpaired) electrons. The van der Waals surface area contributed by atoms with Gasteiger partial charge in [0.1, 0.15) is 17.4 Å². The Balaban J connectivity index is 2.41. The third kappa shape index (κ3) is 5.48. The van der Waals surface area contributed by atoms with Gasteiger partial charge in [-0.2, -0.15) is 18.3 Å². The van der Waals surface area contributed by atoms with Gasteiger partial charge in [0.15, 0.2) is 0 Å². The maximum atomic E-state index is 15.1. The third-order valence-corrected chi connectivity index (χ3v) is 6.64. The lowest BCUT2D eigenvalue weighted by Gasteiger charge is -2.24. The number of aromatic nitrogens is 2. The molecule has 0 aliphatic heterocycles. The van der Waals surface area contributed by atoms with Gasteiger partial charge in [0, 0.05) is 23.3 Å². The maximum Gasteiger partial charge on any atom is 0.416 e. The van der Waals surface area contributed by atoms with E-state index in [2.05, 4.69) is 16.8 Å². The summed E-state index contributed by atoms with van der Waals surface area (Å²) in [6.45, 7) is 13.1. The van der Waals surface area contributed by atoms with Gasteiger partial charge in [-0.15, -0.1) is 0 Å². The zero-order valence-electron chi connectivity index (χ0n) is 21.8. The number of benzene rings is 2. The molecular weight excluding hydrogens is 487 g/mol. The molecule has 0 bridgehead atoms. The molecule has 1 aromatic heterocycles. The normalized spacial score (nSPS) is 13.2. The number of methoxy groups -OCH3 is 1. The van der Waals surface area contributed by atoms with Gasteiger partial charge >= 0.3 is 6.18 Å². The van der Waals surface area contributed by atoms with Gasteiger partial charge in [-0.3, -0.25) is 5.10 Å². The first-order valence-electron chi connectivity index (χ1n) is 12.0. The molecule has 0 saturated heterocycles. The van der Waals surface area contributed by atoms with E-state index < -0.39 is 23.4 Å². The molecule has 1 unspecified atom stereocenters. The Bertz CT molecular complexity index is 1310. The number of H-pyrrole nitrogens is 1. The predicted molar refractivity (Wildman–Crippen MR) is 137 cm³/mol. The molecule has 3 rings (SSSR count). The van der Waals surface area contributed by atoms with Crippen LogP contribution in [0.5, 0.6) is 5.75 Å². The minimum Gasteiger partial charge on any atom is -0.497 e. The topological polar surface area (TPSA) is 37.9 Å². The van der Waals surface area contributed by atoms with Crippen LogP contribution in [-0.4, -0.2) is 17.3 Å². The summed E-state index contributed by atoms with van der Waals surface area (Å²) in [7, 11) is 1.29. The molecule has 8 heteroatoms. The summed E-state index contributed by atoms with van der Waals surface area (Å²) >= 11 is 0. The van der Waals surface area contributed by atoms with Crippen LogP contribution in [-0.2, 0) is 6.18 Å². The van der Waals surface area contributed by atoms with E-state index in [1.807, 2.05) is 13.8 Å². The van der Waals surface area contributed by atoms with Crippen molar-refractivity contribution >= 4 is 11.1 Å². The smallest absolute Gasteiger partial charge is 0.416 e. The molecule has 0 saturated carbocycles. The summed E-state index contributed by atoms with van der Waals surface area (Å²) in [5.41, 5.74) is 1.35. The summed E-state index contributed by atoms with van der Waals surface area (Å²) in [6.07, 6.45) is -0.642. The molecule has 1 heterocycles. The van der Waals surface area contributed by atoms with E-state index in [-0.39, 0.29) is 34.3 Å². The number of alkyl halides is 3. The highest BCUT2D eigenvalue weighted by atomic mass is 19.4. The summed E-state index contributed by atoms with van der Waals surface area (Å²) in [6, 6.07) is 4.26. The Hall–Kier alpha value is -3.42. The molecule has 0 fully saturated rings. The fourth-order valence-corrected chi connectivity index (χ4v) is 4.45. The lowest BCUT2D eigenvalue weighted by molar-refractivity contribution is -0.137. The zero-order chi connectivity index (χ0) is 27.7. The second kappa shape index (κ2) is 10.9. The first kappa shape index (κ1) is 28.2. The molecule has 0 aliphatic rings. The molecule has 0 aliphatic carbocycles. The Morgan fingerprint density at radius 1 is 1.05 bits per heavy atom. The molecule has 2 aromatic carbocycles. The fraction of sp³-hybridized carbons (Fsp3) is 0.345. The van der Waals surface area contributed by atoms with Crippen molar-refractivity contribution in [3.63, 3.8) is 0 Å². The van der Waals surface area contributed by atoms with E-state index in [0.717, 1.165) is 36.2 Å². The number of ether oxygens (including phenoxy) is 1. The number of halogens is 5. The van der Waals surface area contributed by atoms with Crippen LogP contribution in [0.15, 0.2) is 43.1 Å². The van der Waals surface area contributed by atoms with Crippen LogP contribution in [0.1, 0.15) is 80.7 Å². The standard InChI is InChI=1S/C29H31F5N2O/c1-8-16(5)23-14-35-36-28(23)22-11-18(29(32,33)34)10-21(15(3)4)27(22)20(9-2)17(6)26-24(30)12-19(37-7)13-25(26)31/h9-16H,6,8H2,1-5,7H3,(H,35,36)/b20-9-. The number of allylic oxidation sites excluding steroid dienone is 3. The summed E-state index contributed by atoms with van der Waals surface area (Å²) in [4.78, 5) is 0. The quantitative estimate of drug-likeness (QED) is 0.238. The molecule has 0 spiro atoms. The minimum atomic E-state index is -4.60. The van der Waals surface area contributed by atoms with Crippen molar-refractivity contribution < 1.29 is 26.7 Å². The van der Waals surface area contributed by atoms with Crippen molar-refractivity contribution in [1.29, 1.82) is 0 Å². The van der Waals surface area contributed by atoms with E-state index >= 15 is 8.78 Å². The van der Waals surface area contributed by atoms with Gasteiger partial charge in [-0.05, 0) is 59.6 Å². The molecule has 0 amide bonds. The fourth-order valence-electron chi connectivity index (χ4n) is 4.45. The van der Waals surface area contributed by atoms with Crippen molar-refractivity contribution in [3.8, 4) is 17.0 Å². The average molecular weight is 519 g/mol. The average Bonchev–Trinajstić information content (AvgIpc) is 3.32. The first-order valence-corrected chi connectivity index (χ1v) is 12.0. The molecule has 37 heavy (non-hydrogen) atoms. The van der Waals surface area contributed by atoms with Crippen LogP contribution in [0.2, 0.25) is 0 Å². The van der Waals surface area contributed by atoms with Crippen molar-refractivity contribution in [3.05, 3.63) is 82.6 Å². The minimum absolute atomic E-state index is 0.00215. The van der Waals surface area contributed by atoms with Crippen LogP contribution in [0.25, 0.3) is 22.4 Å². The summed E-state index contributed by atoms with van der Waals surface area (Å²) in [5, 5.41) is 7.01. The van der Waals surface area contributed by atoms with E-state index in [4.69, 9.17) is 4.74 Å². The number of aromatic amines is 1. The monoisotopic (exact) mass is 518 g/mol. The SMILES string of the molecule is C=C(/C(=C/C)c1c(-c2[nH]ncc2C(C)CC)cc(C(F)(F)F)cc1C(C)C)c1c(F)cc(OC)cc1F. The van der Waals surface area contributed by atoms with Gasteiger partial charge in [0.25, 0.3) is 0 Å². The van der Waals surface area contributed by atoms with E-state index in [1.54, 1.807) is 33.0 Å². The molecule has 1 N–H and O–H groups in total. The first-order chi connectivity index (χ1) is 17.3. The summed E-state index contributed by atoms with van der Waals surface area (Å²) in [5.74, 6) is -2.11. The van der Waals surface area contributed by atoms with Gasteiger partial charge < -0.3 is 4.74 Å². The highest BCUT2D eigenvalue weighted by Crippen LogP contribution is 2.46. The van der Waals surface area contributed by atoms with Crippen LogP contribution >= 0.6 is 0 Å². The number of nitrogens with one attached hydrogen (secondary N) is 1. The zero-order valence-corrected chi connectivity index (χ0v) is 21.8. The Morgan fingerprint density at radius 2 is 1.68 bits per heavy atom. The highest BCUT2D eigenvalue weighted by Gasteiger charge is 2.34. The van der Waals surface area contributed by atoms with E-state index in [1.165, 1.54) is 7.11 Å². The lowest BCUT2D eigenvalue weighted by Crippen LogP contribution is -2.11. The molecular formula is C29H31F5N2O. The van der Waals surface area contributed by atoms with E-state index in [0.29, 0.717) is 22.4 Å². The number of hydrogen-bond donors (Lipinski definition) is 1. The molecule has 198 valence electrons. The van der Waals surface area contributed by atoms with Gasteiger partial charge in [-0.1, -0.05) is 40.3 Å². The van der Waals surface area contributed by atoms with Crippen molar-refractivity contribution in [2.45, 2.75) is 59.1 Å². The Kier molecular flexibility index (Phi) is 8.30. The number of nitrogens with zero attached hydrogens (tertiary/aromatic N) is 1. The second-order valence-corrected chi connectivity index (χ2v) is 9.30. The van der Waals surface area contributed by atoms with Gasteiger partial charge in [0.2, 0.25) is 0 Å². The molecule has 1 atom stereocenters. The highest BCUT2D eigenvalue weighted by molar-refractivity contribution is 6.08. The largest absolute Gasteiger partial charge is 0.497 e. The lowest BCUT2D eigenvalue weighted by atomic mass is 9.80. The van der Waals surface area contributed by atoms with Crippen molar-refractivity contribution in [2.24, 2.45) is 0 Å². The molecule has 3 nitrogen and oxygen atoms in total. The van der Waals surface area contributed by atoms with Crippen LogP contribution in [0, 0.1) is 11.6 Å². The van der Waals surface area contributed by atoms with Crippen LogP contribution in [0.3, 0.4) is 0 Å². The van der Waals surface area contributed by atoms with Crippen LogP contribution < -0.4 is 4.74 Å².